The zero-order chi connectivity index (χ0) is 30.8. The Morgan fingerprint density at radius 2 is 1.88 bits per heavy atom. The molecule has 0 fully saturated rings. The predicted molar refractivity (Wildman–Crippen MR) is 155 cm³/mol. The van der Waals surface area contributed by atoms with Crippen LogP contribution in [0.3, 0.4) is 0 Å². The lowest BCUT2D eigenvalue weighted by molar-refractivity contribution is 0.00683. The van der Waals surface area contributed by atoms with Gasteiger partial charge in [0.25, 0.3) is 11.7 Å². The van der Waals surface area contributed by atoms with E-state index in [1.165, 1.54) is 41.0 Å². The number of benzene rings is 2. The molecule has 1 aliphatic rings. The molecule has 0 spiro atoms. The monoisotopic (exact) mass is 574 g/mol. The van der Waals surface area contributed by atoms with Gasteiger partial charge in [0, 0.05) is 19.5 Å². The van der Waals surface area contributed by atoms with Crippen molar-refractivity contribution < 1.29 is 23.5 Å². The van der Waals surface area contributed by atoms with Crippen LogP contribution >= 0.6 is 0 Å². The lowest BCUT2D eigenvalue weighted by Crippen LogP contribution is -2.25. The molecule has 1 amide bonds. The van der Waals surface area contributed by atoms with Crippen LogP contribution in [-0.4, -0.2) is 42.8 Å². The van der Waals surface area contributed by atoms with E-state index < -0.39 is 11.5 Å². The number of nitrogens with zero attached hydrogens (tertiary/aromatic N) is 4. The Bertz CT molecular complexity index is 1670. The second-order valence-corrected chi connectivity index (χ2v) is 11.3. The summed E-state index contributed by atoms with van der Waals surface area (Å²) in [6, 6.07) is 9.91. The molecule has 0 bridgehead atoms. The average molecular weight is 575 g/mol. The van der Waals surface area contributed by atoms with Crippen LogP contribution in [0, 0.1) is 19.7 Å². The van der Waals surface area contributed by atoms with Crippen molar-refractivity contribution >= 4 is 23.4 Å². The minimum Gasteiger partial charge on any atom is -0.456 e. The molecule has 1 aliphatic carbocycles. The molecule has 0 radical (unpaired) electrons. The number of hydrogen-bond donors (Lipinski definition) is 2. The molecule has 2 aromatic carbocycles. The minimum absolute atomic E-state index is 0.0690. The molecule has 1 atom stereocenters. The first kappa shape index (κ1) is 30.4. The Kier molecular flexibility index (Phi) is 8.81. The van der Waals surface area contributed by atoms with E-state index in [2.05, 4.69) is 20.4 Å². The predicted octanol–water partition coefficient (Wildman–Crippen LogP) is 4.60. The first-order valence-corrected chi connectivity index (χ1v) is 13.6. The molecule has 0 saturated heterocycles. The number of nitrogens with one attached hydrogen (secondary N) is 1. The van der Waals surface area contributed by atoms with E-state index in [4.69, 9.17) is 10.5 Å². The zero-order valence-corrected chi connectivity index (χ0v) is 24.6. The Balaban J connectivity index is 0.000000201. The summed E-state index contributed by atoms with van der Waals surface area (Å²) < 4.78 is 20.0. The third kappa shape index (κ3) is 6.85. The number of ether oxygens (including phenoxy) is 1. The first-order chi connectivity index (χ1) is 19.7. The van der Waals surface area contributed by atoms with Gasteiger partial charge in [0.1, 0.15) is 29.1 Å². The number of fused-ring (bicyclic) bond motifs is 2. The van der Waals surface area contributed by atoms with Crippen molar-refractivity contribution in [3.05, 3.63) is 93.3 Å². The van der Waals surface area contributed by atoms with Gasteiger partial charge in [-0.25, -0.2) is 14.2 Å². The molecule has 11 heteroatoms. The maximum absolute atomic E-state index is 13.3. The Labute approximate surface area is 243 Å². The van der Waals surface area contributed by atoms with Crippen molar-refractivity contribution in [2.75, 3.05) is 0 Å². The van der Waals surface area contributed by atoms with Crippen LogP contribution < -0.4 is 11.1 Å². The molecule has 5 rings (SSSR count). The number of carbonyl (C=O) groups is 3. The van der Waals surface area contributed by atoms with Gasteiger partial charge in [0.15, 0.2) is 5.78 Å². The maximum atomic E-state index is 13.3. The van der Waals surface area contributed by atoms with E-state index in [0.717, 1.165) is 24.0 Å². The highest BCUT2D eigenvalue weighted by Crippen LogP contribution is 2.33. The van der Waals surface area contributed by atoms with E-state index in [9.17, 15) is 18.8 Å². The Morgan fingerprint density at radius 3 is 2.55 bits per heavy atom. The van der Waals surface area contributed by atoms with Crippen molar-refractivity contribution in [3.8, 4) is 0 Å². The topological polar surface area (TPSA) is 142 Å². The van der Waals surface area contributed by atoms with Gasteiger partial charge in [0.05, 0.1) is 5.56 Å². The van der Waals surface area contributed by atoms with E-state index >= 15 is 0 Å². The molecule has 0 saturated carbocycles. The number of amides is 1. The van der Waals surface area contributed by atoms with E-state index in [1.54, 1.807) is 19.1 Å². The van der Waals surface area contributed by atoms with Gasteiger partial charge in [-0.3, -0.25) is 9.59 Å². The molecule has 0 aliphatic heterocycles. The van der Waals surface area contributed by atoms with Crippen LogP contribution in [0.4, 0.5) is 4.39 Å². The van der Waals surface area contributed by atoms with Crippen LogP contribution in [0.5, 0.6) is 0 Å². The van der Waals surface area contributed by atoms with Crippen LogP contribution in [0.15, 0.2) is 42.7 Å². The molecular weight excluding hydrogens is 539 g/mol. The van der Waals surface area contributed by atoms with Gasteiger partial charge in [-0.05, 0) is 93.5 Å². The third-order valence-electron chi connectivity index (χ3n) is 6.88. The standard InChI is InChI=1S/C16H14FN5O2.C15H21NO2/c1-9-5-11(3-4-12(9)17)7-18-15(24)13-6-14(10(2)23)22-16(21-13)19-8-20-22;1-9-10-7-8-13(16)12(10)6-5-11(9)14(17)18-15(2,3)4/h3-6,8H,7H2,1-2H3,(H,18,24);5-6,13H,7-8,16H2,1-4H3/t;13-/m.0/s1. The number of halogens is 1. The number of aromatic nitrogens is 4. The fourth-order valence-corrected chi connectivity index (χ4v) is 4.74. The van der Waals surface area contributed by atoms with Gasteiger partial charge in [-0.15, -0.1) is 0 Å². The van der Waals surface area contributed by atoms with Crippen molar-refractivity contribution in [2.24, 2.45) is 5.73 Å². The molecular formula is C31H35FN6O4. The summed E-state index contributed by atoms with van der Waals surface area (Å²) in [6.45, 7) is 10.9. The third-order valence-corrected chi connectivity index (χ3v) is 6.88. The highest BCUT2D eigenvalue weighted by atomic mass is 19.1. The van der Waals surface area contributed by atoms with E-state index in [-0.39, 0.29) is 47.3 Å². The smallest absolute Gasteiger partial charge is 0.338 e. The number of aryl methyl sites for hydroxylation is 1. The SMILES string of the molecule is CC(=O)c1cc(C(=O)NCc2ccc(F)c(C)c2)nc2ncnn12.Cc1c(C(=O)OC(C)(C)C)ccc2c1CC[C@@H]2N. The average Bonchev–Trinajstić information content (AvgIpc) is 3.55. The lowest BCUT2D eigenvalue weighted by Gasteiger charge is -2.21. The summed E-state index contributed by atoms with van der Waals surface area (Å²) in [4.78, 5) is 44.1. The Hall–Kier alpha value is -4.51. The normalized spacial score (nSPS) is 14.1. The summed E-state index contributed by atoms with van der Waals surface area (Å²) >= 11 is 0. The molecule has 220 valence electrons. The number of rotatable bonds is 5. The number of esters is 1. The van der Waals surface area contributed by atoms with Crippen LogP contribution in [-0.2, 0) is 17.7 Å². The van der Waals surface area contributed by atoms with Gasteiger partial charge in [-0.2, -0.15) is 14.6 Å². The number of carbonyl (C=O) groups excluding carboxylic acids is 3. The van der Waals surface area contributed by atoms with E-state index in [1.807, 2.05) is 39.8 Å². The number of hydrogen-bond acceptors (Lipinski definition) is 8. The molecule has 2 aromatic heterocycles. The quantitative estimate of drug-likeness (QED) is 0.260. The van der Waals surface area contributed by atoms with Gasteiger partial charge < -0.3 is 15.8 Å². The minimum atomic E-state index is -0.459. The van der Waals surface area contributed by atoms with Crippen molar-refractivity contribution in [1.82, 2.24) is 24.9 Å². The summed E-state index contributed by atoms with van der Waals surface area (Å²) in [5.74, 6) is -1.08. The number of Topliss-reactive ketones (excluding diaryl/α,β-unsaturated/α-hetero) is 1. The second-order valence-electron chi connectivity index (χ2n) is 11.3. The zero-order valence-electron chi connectivity index (χ0n) is 24.6. The summed E-state index contributed by atoms with van der Waals surface area (Å²) in [7, 11) is 0. The molecule has 42 heavy (non-hydrogen) atoms. The van der Waals surface area contributed by atoms with Gasteiger partial charge >= 0.3 is 5.97 Å². The first-order valence-electron chi connectivity index (χ1n) is 13.6. The fraction of sp³-hybridized carbons (Fsp3) is 0.355. The molecule has 4 aromatic rings. The molecule has 10 nitrogen and oxygen atoms in total. The molecule has 3 N–H and O–H groups in total. The summed E-state index contributed by atoms with van der Waals surface area (Å²) in [5.41, 5.74) is 11.2. The van der Waals surface area contributed by atoms with Crippen LogP contribution in [0.25, 0.3) is 5.78 Å². The van der Waals surface area contributed by atoms with Crippen molar-refractivity contribution in [2.45, 2.75) is 72.6 Å². The fourth-order valence-electron chi connectivity index (χ4n) is 4.74. The van der Waals surface area contributed by atoms with Crippen molar-refractivity contribution in [3.63, 3.8) is 0 Å². The Morgan fingerprint density at radius 1 is 1.14 bits per heavy atom. The second kappa shape index (κ2) is 12.2. The van der Waals surface area contributed by atoms with Gasteiger partial charge in [0.2, 0.25) is 0 Å². The largest absolute Gasteiger partial charge is 0.456 e. The highest BCUT2D eigenvalue weighted by Gasteiger charge is 2.26. The number of ketones is 1. The highest BCUT2D eigenvalue weighted by molar-refractivity contribution is 5.98. The summed E-state index contributed by atoms with van der Waals surface area (Å²) in [5, 5.41) is 6.60. The number of nitrogens with two attached hydrogens (primary N) is 1. The van der Waals surface area contributed by atoms with Crippen LogP contribution in [0.2, 0.25) is 0 Å². The van der Waals surface area contributed by atoms with E-state index in [0.29, 0.717) is 11.1 Å². The molecule has 2 heterocycles. The lowest BCUT2D eigenvalue weighted by atomic mass is 9.98. The maximum Gasteiger partial charge on any atom is 0.338 e. The molecule has 0 unspecified atom stereocenters. The summed E-state index contributed by atoms with van der Waals surface area (Å²) in [6.07, 6.45) is 3.19. The van der Waals surface area contributed by atoms with Crippen LogP contribution in [0.1, 0.15) is 99.3 Å². The van der Waals surface area contributed by atoms with Crippen molar-refractivity contribution in [1.29, 1.82) is 0 Å². The van der Waals surface area contributed by atoms with Gasteiger partial charge in [-0.1, -0.05) is 18.2 Å².